The maximum Gasteiger partial charge on any atom is 0.259 e. The van der Waals surface area contributed by atoms with E-state index in [2.05, 4.69) is 10.6 Å². The van der Waals surface area contributed by atoms with E-state index in [4.69, 9.17) is 9.47 Å². The Morgan fingerprint density at radius 2 is 1.61 bits per heavy atom. The molecule has 0 spiro atoms. The third kappa shape index (κ3) is 6.20. The van der Waals surface area contributed by atoms with Gasteiger partial charge in [0, 0.05) is 19.6 Å². The minimum absolute atomic E-state index is 0.0515. The number of benzene rings is 3. The molecule has 170 valence electrons. The van der Waals surface area contributed by atoms with E-state index < -0.39 is 0 Å². The zero-order valence-corrected chi connectivity index (χ0v) is 18.5. The Morgan fingerprint density at radius 1 is 0.879 bits per heavy atom. The molecule has 0 saturated carbocycles. The molecule has 1 unspecified atom stereocenters. The Kier molecular flexibility index (Phi) is 7.72. The van der Waals surface area contributed by atoms with E-state index in [0.717, 1.165) is 25.9 Å². The van der Waals surface area contributed by atoms with Gasteiger partial charge in [0.25, 0.3) is 11.8 Å². The van der Waals surface area contributed by atoms with Crippen LogP contribution in [0.2, 0.25) is 0 Å². The summed E-state index contributed by atoms with van der Waals surface area (Å²) < 4.78 is 11.5. The zero-order chi connectivity index (χ0) is 22.9. The first-order valence-corrected chi connectivity index (χ1v) is 11.3. The van der Waals surface area contributed by atoms with Gasteiger partial charge in [0.1, 0.15) is 5.75 Å². The fourth-order valence-electron chi connectivity index (χ4n) is 3.79. The molecule has 0 aliphatic carbocycles. The number of nitrogens with one attached hydrogen (secondary N) is 2. The Bertz CT molecular complexity index is 1080. The first kappa shape index (κ1) is 22.6. The van der Waals surface area contributed by atoms with Crippen LogP contribution < -0.4 is 15.4 Å². The Hall–Kier alpha value is -3.64. The highest BCUT2D eigenvalue weighted by Crippen LogP contribution is 2.22. The minimum atomic E-state index is -0.329. The fourth-order valence-corrected chi connectivity index (χ4v) is 3.79. The number of para-hydroxylation sites is 2. The summed E-state index contributed by atoms with van der Waals surface area (Å²) in [7, 11) is 0. The highest BCUT2D eigenvalue weighted by Gasteiger charge is 2.19. The van der Waals surface area contributed by atoms with E-state index in [9.17, 15) is 9.59 Å². The van der Waals surface area contributed by atoms with Gasteiger partial charge in [-0.25, -0.2) is 0 Å². The minimum Gasteiger partial charge on any atom is -0.492 e. The third-order valence-electron chi connectivity index (χ3n) is 5.56. The normalized spacial score (nSPS) is 15.1. The molecule has 1 saturated heterocycles. The van der Waals surface area contributed by atoms with Gasteiger partial charge < -0.3 is 20.1 Å². The van der Waals surface area contributed by atoms with Gasteiger partial charge >= 0.3 is 0 Å². The monoisotopic (exact) mass is 444 g/mol. The highest BCUT2D eigenvalue weighted by molar-refractivity contribution is 6.10. The van der Waals surface area contributed by atoms with Crippen molar-refractivity contribution in [1.82, 2.24) is 5.32 Å². The van der Waals surface area contributed by atoms with Crippen LogP contribution in [-0.4, -0.2) is 37.7 Å². The first-order valence-electron chi connectivity index (χ1n) is 11.3. The lowest BCUT2D eigenvalue weighted by Crippen LogP contribution is -2.32. The summed E-state index contributed by atoms with van der Waals surface area (Å²) in [5, 5.41) is 5.78. The number of carbonyl (C=O) groups excluding carboxylic acids is 2. The molecule has 1 fully saturated rings. The van der Waals surface area contributed by atoms with Crippen LogP contribution in [0, 0.1) is 0 Å². The van der Waals surface area contributed by atoms with E-state index in [0.29, 0.717) is 35.7 Å². The number of hydrogen-bond acceptors (Lipinski definition) is 4. The molecule has 0 radical (unpaired) electrons. The van der Waals surface area contributed by atoms with Crippen molar-refractivity contribution in [2.75, 3.05) is 25.1 Å². The lowest BCUT2D eigenvalue weighted by atomic mass is 10.1. The molecule has 3 aromatic rings. The van der Waals surface area contributed by atoms with Crippen molar-refractivity contribution < 1.29 is 19.1 Å². The van der Waals surface area contributed by atoms with Crippen LogP contribution in [0.25, 0.3) is 0 Å². The fraction of sp³-hybridized carbons (Fsp3) is 0.259. The molecule has 33 heavy (non-hydrogen) atoms. The van der Waals surface area contributed by atoms with E-state index >= 15 is 0 Å². The average Bonchev–Trinajstić information content (AvgIpc) is 3.38. The second-order valence-corrected chi connectivity index (χ2v) is 7.92. The number of amides is 2. The molecule has 2 N–H and O–H groups in total. The van der Waals surface area contributed by atoms with Crippen LogP contribution in [0.4, 0.5) is 5.69 Å². The molecule has 1 aliphatic rings. The average molecular weight is 445 g/mol. The number of carbonyl (C=O) groups is 2. The number of hydrogen-bond donors (Lipinski definition) is 2. The van der Waals surface area contributed by atoms with E-state index in [1.54, 1.807) is 42.5 Å². The molecule has 0 aromatic heterocycles. The van der Waals surface area contributed by atoms with Crippen LogP contribution in [0.3, 0.4) is 0 Å². The smallest absolute Gasteiger partial charge is 0.259 e. The molecule has 1 atom stereocenters. The van der Waals surface area contributed by atoms with Crippen molar-refractivity contribution in [2.24, 2.45) is 0 Å². The van der Waals surface area contributed by atoms with Crippen LogP contribution in [-0.2, 0) is 11.2 Å². The number of anilines is 1. The van der Waals surface area contributed by atoms with E-state index in [-0.39, 0.29) is 17.9 Å². The molecular formula is C27H28N2O4. The molecular weight excluding hydrogens is 416 g/mol. The lowest BCUT2D eigenvalue weighted by molar-refractivity contribution is 0.0858. The zero-order valence-electron chi connectivity index (χ0n) is 18.5. The van der Waals surface area contributed by atoms with Crippen molar-refractivity contribution in [3.05, 3.63) is 95.6 Å². The summed E-state index contributed by atoms with van der Waals surface area (Å²) in [6, 6.07) is 24.1. The van der Waals surface area contributed by atoms with E-state index in [1.807, 2.05) is 36.4 Å². The predicted octanol–water partition coefficient (Wildman–Crippen LogP) is 4.47. The SMILES string of the molecule is O=C(NCC1CCCO1)c1ccccc1NC(=O)c1ccccc1OCCc1ccccc1. The van der Waals surface area contributed by atoms with Gasteiger partial charge in [-0.05, 0) is 42.7 Å². The summed E-state index contributed by atoms with van der Waals surface area (Å²) in [6.45, 7) is 1.65. The summed E-state index contributed by atoms with van der Waals surface area (Å²) >= 11 is 0. The Morgan fingerprint density at radius 3 is 2.39 bits per heavy atom. The lowest BCUT2D eigenvalue weighted by Gasteiger charge is -2.15. The maximum absolute atomic E-state index is 13.1. The second kappa shape index (κ2) is 11.3. The molecule has 0 bridgehead atoms. The Balaban J connectivity index is 1.40. The van der Waals surface area contributed by atoms with Crippen molar-refractivity contribution in [1.29, 1.82) is 0 Å². The van der Waals surface area contributed by atoms with Crippen molar-refractivity contribution in [2.45, 2.75) is 25.4 Å². The third-order valence-corrected chi connectivity index (χ3v) is 5.56. The Labute approximate surface area is 193 Å². The molecule has 3 aromatic carbocycles. The van der Waals surface area contributed by atoms with Crippen LogP contribution >= 0.6 is 0 Å². The predicted molar refractivity (Wildman–Crippen MR) is 128 cm³/mol. The summed E-state index contributed by atoms with van der Waals surface area (Å²) in [5.41, 5.74) is 2.44. The summed E-state index contributed by atoms with van der Waals surface area (Å²) in [5.74, 6) is -0.0651. The molecule has 1 aliphatic heterocycles. The molecule has 6 nitrogen and oxygen atoms in total. The van der Waals surface area contributed by atoms with Crippen LogP contribution in [0.1, 0.15) is 39.1 Å². The molecule has 2 amide bonds. The van der Waals surface area contributed by atoms with Crippen LogP contribution in [0.5, 0.6) is 5.75 Å². The first-order chi connectivity index (χ1) is 16.2. The maximum atomic E-state index is 13.1. The summed E-state index contributed by atoms with van der Waals surface area (Å²) in [4.78, 5) is 25.8. The van der Waals surface area contributed by atoms with Crippen molar-refractivity contribution in [3.8, 4) is 5.75 Å². The van der Waals surface area contributed by atoms with Gasteiger partial charge in [0.05, 0.1) is 29.5 Å². The second-order valence-electron chi connectivity index (χ2n) is 7.92. The van der Waals surface area contributed by atoms with Crippen molar-refractivity contribution >= 4 is 17.5 Å². The van der Waals surface area contributed by atoms with Gasteiger partial charge in [-0.3, -0.25) is 9.59 Å². The topological polar surface area (TPSA) is 76.7 Å². The standard InChI is InChI=1S/C27H28N2O4/c30-26(28-19-21-11-8-17-32-21)22-12-4-6-14-24(22)29-27(31)23-13-5-7-15-25(23)33-18-16-20-9-2-1-3-10-20/h1-7,9-10,12-15,21H,8,11,16-19H2,(H,28,30)(H,29,31). The van der Waals surface area contributed by atoms with Gasteiger partial charge in [0.2, 0.25) is 0 Å². The molecule has 1 heterocycles. The van der Waals surface area contributed by atoms with E-state index in [1.165, 1.54) is 5.56 Å². The highest BCUT2D eigenvalue weighted by atomic mass is 16.5. The largest absolute Gasteiger partial charge is 0.492 e. The quantitative estimate of drug-likeness (QED) is 0.511. The van der Waals surface area contributed by atoms with Gasteiger partial charge in [0.15, 0.2) is 0 Å². The number of rotatable bonds is 9. The molecule has 4 rings (SSSR count). The van der Waals surface area contributed by atoms with Crippen molar-refractivity contribution in [3.63, 3.8) is 0 Å². The van der Waals surface area contributed by atoms with Gasteiger partial charge in [-0.2, -0.15) is 0 Å². The molecule has 6 heteroatoms. The number of ether oxygens (including phenoxy) is 2. The summed E-state index contributed by atoms with van der Waals surface area (Å²) in [6.07, 6.45) is 2.75. The van der Waals surface area contributed by atoms with Gasteiger partial charge in [-0.1, -0.05) is 54.6 Å². The van der Waals surface area contributed by atoms with Gasteiger partial charge in [-0.15, -0.1) is 0 Å². The van der Waals surface area contributed by atoms with Crippen LogP contribution in [0.15, 0.2) is 78.9 Å².